The summed E-state index contributed by atoms with van der Waals surface area (Å²) in [4.78, 5) is 69.5. The maximum absolute atomic E-state index is 13.4. The third kappa shape index (κ3) is 9.75. The van der Waals surface area contributed by atoms with Gasteiger partial charge in [0, 0.05) is 24.7 Å². The molecule has 0 bridgehead atoms. The first-order valence-corrected chi connectivity index (χ1v) is 13.0. The number of carbonyl (C=O) groups is 5. The summed E-state index contributed by atoms with van der Waals surface area (Å²) in [6.07, 6.45) is 2.13. The molecule has 0 radical (unpaired) electrons. The molecule has 14 nitrogen and oxygen atoms in total. The number of phenols is 1. The SMILES string of the molecule is NC(=O)CC(NC(=O)C(Cc1ccccc1)NC(=O)C(N)Cc1ccc(O)cc1)C(=O)NC(Cc1cnc[nH]1)C(=O)O. The van der Waals surface area contributed by atoms with Gasteiger partial charge in [0.25, 0.3) is 0 Å². The van der Waals surface area contributed by atoms with Crippen molar-refractivity contribution in [1.82, 2.24) is 25.9 Å². The minimum atomic E-state index is -1.53. The van der Waals surface area contributed by atoms with Gasteiger partial charge >= 0.3 is 5.97 Å². The van der Waals surface area contributed by atoms with Crippen molar-refractivity contribution in [3.8, 4) is 5.75 Å². The molecule has 4 amide bonds. The highest BCUT2D eigenvalue weighted by molar-refractivity contribution is 5.96. The van der Waals surface area contributed by atoms with E-state index in [-0.39, 0.29) is 25.0 Å². The van der Waals surface area contributed by atoms with Crippen LogP contribution in [0.15, 0.2) is 67.1 Å². The topological polar surface area (TPSA) is 243 Å². The molecule has 0 fully saturated rings. The highest BCUT2D eigenvalue weighted by Crippen LogP contribution is 2.12. The van der Waals surface area contributed by atoms with Crippen LogP contribution in [0.5, 0.6) is 5.75 Å². The third-order valence-corrected chi connectivity index (χ3v) is 6.28. The number of nitrogens with two attached hydrogens (primary N) is 2. The van der Waals surface area contributed by atoms with Gasteiger partial charge in [-0.05, 0) is 29.7 Å². The largest absolute Gasteiger partial charge is 0.508 e. The molecule has 1 heterocycles. The Morgan fingerprint density at radius 2 is 1.38 bits per heavy atom. The zero-order chi connectivity index (χ0) is 30.6. The number of carboxylic acid groups (broad SMARTS) is 1. The number of aromatic nitrogens is 2. The normalized spacial score (nSPS) is 13.6. The van der Waals surface area contributed by atoms with Crippen LogP contribution in [0.4, 0.5) is 0 Å². The smallest absolute Gasteiger partial charge is 0.326 e. The van der Waals surface area contributed by atoms with Crippen LogP contribution in [0.2, 0.25) is 0 Å². The Morgan fingerprint density at radius 1 is 0.786 bits per heavy atom. The number of hydrogen-bond donors (Lipinski definition) is 8. The van der Waals surface area contributed by atoms with Gasteiger partial charge in [0.05, 0.1) is 18.8 Å². The van der Waals surface area contributed by atoms with E-state index < -0.39 is 60.2 Å². The maximum Gasteiger partial charge on any atom is 0.326 e. The standard InChI is InChI=1S/C28H33N7O7/c29-20(10-17-6-8-19(36)9-7-17)25(38)33-21(11-16-4-2-1-3-5-16)26(39)34-22(13-24(30)37)27(40)35-23(28(41)42)12-18-14-31-15-32-18/h1-9,14-15,20-23,36H,10-13,29H2,(H2,30,37)(H,31,32)(H,33,38)(H,34,39)(H,35,40)(H,41,42). The number of aromatic hydroxyl groups is 1. The Hall–Kier alpha value is -5.24. The fourth-order valence-corrected chi connectivity index (χ4v) is 4.09. The van der Waals surface area contributed by atoms with Crippen molar-refractivity contribution in [1.29, 1.82) is 0 Å². The molecule has 0 saturated carbocycles. The van der Waals surface area contributed by atoms with E-state index in [0.717, 1.165) is 0 Å². The number of carboxylic acids is 1. The highest BCUT2D eigenvalue weighted by Gasteiger charge is 2.31. The van der Waals surface area contributed by atoms with E-state index in [2.05, 4.69) is 25.9 Å². The van der Waals surface area contributed by atoms with Crippen LogP contribution in [0, 0.1) is 0 Å². The van der Waals surface area contributed by atoms with Crippen molar-refractivity contribution in [3.63, 3.8) is 0 Å². The molecule has 42 heavy (non-hydrogen) atoms. The van der Waals surface area contributed by atoms with Crippen molar-refractivity contribution >= 4 is 29.6 Å². The number of primary amides is 1. The van der Waals surface area contributed by atoms with Gasteiger partial charge in [-0.2, -0.15) is 0 Å². The van der Waals surface area contributed by atoms with Gasteiger partial charge in [-0.1, -0.05) is 42.5 Å². The number of H-pyrrole nitrogens is 1. The molecule has 0 aliphatic carbocycles. The lowest BCUT2D eigenvalue weighted by Gasteiger charge is -2.25. The predicted molar refractivity (Wildman–Crippen MR) is 149 cm³/mol. The summed E-state index contributed by atoms with van der Waals surface area (Å²) in [7, 11) is 0. The zero-order valence-corrected chi connectivity index (χ0v) is 22.5. The Morgan fingerprint density at radius 3 is 1.98 bits per heavy atom. The summed E-state index contributed by atoms with van der Waals surface area (Å²) in [6.45, 7) is 0. The number of aliphatic carboxylic acids is 1. The van der Waals surface area contributed by atoms with E-state index in [0.29, 0.717) is 16.8 Å². The summed E-state index contributed by atoms with van der Waals surface area (Å²) in [6, 6.07) is 9.70. The van der Waals surface area contributed by atoms with Gasteiger partial charge < -0.3 is 42.6 Å². The molecular weight excluding hydrogens is 546 g/mol. The summed E-state index contributed by atoms with van der Waals surface area (Å²) >= 11 is 0. The maximum atomic E-state index is 13.4. The van der Waals surface area contributed by atoms with Gasteiger partial charge in [-0.3, -0.25) is 19.2 Å². The van der Waals surface area contributed by atoms with E-state index in [4.69, 9.17) is 11.5 Å². The number of nitrogens with one attached hydrogen (secondary N) is 4. The second-order valence-electron chi connectivity index (χ2n) is 9.64. The summed E-state index contributed by atoms with van der Waals surface area (Å²) in [5, 5.41) is 26.4. The Labute approximate surface area is 240 Å². The van der Waals surface area contributed by atoms with Crippen LogP contribution >= 0.6 is 0 Å². The first-order chi connectivity index (χ1) is 20.0. The molecule has 0 spiro atoms. The molecule has 2 aromatic carbocycles. The molecule has 4 unspecified atom stereocenters. The average Bonchev–Trinajstić information content (AvgIpc) is 3.46. The fraction of sp³-hybridized carbons (Fsp3) is 0.286. The number of aromatic amines is 1. The summed E-state index contributed by atoms with van der Waals surface area (Å²) < 4.78 is 0. The van der Waals surface area contributed by atoms with Crippen LogP contribution in [0.3, 0.4) is 0 Å². The van der Waals surface area contributed by atoms with Gasteiger partial charge in [-0.15, -0.1) is 0 Å². The minimum absolute atomic E-state index is 0.0207. The molecule has 4 atom stereocenters. The number of hydrogen-bond acceptors (Lipinski definition) is 8. The lowest BCUT2D eigenvalue weighted by atomic mass is 10.0. The number of rotatable bonds is 15. The number of imidazole rings is 1. The minimum Gasteiger partial charge on any atom is -0.508 e. The molecule has 0 aliphatic rings. The van der Waals surface area contributed by atoms with E-state index in [1.807, 2.05) is 0 Å². The number of amides is 4. The van der Waals surface area contributed by atoms with Gasteiger partial charge in [-0.25, -0.2) is 9.78 Å². The van der Waals surface area contributed by atoms with Crippen molar-refractivity contribution < 1.29 is 34.2 Å². The Bertz CT molecular complexity index is 1370. The van der Waals surface area contributed by atoms with Gasteiger partial charge in [0.15, 0.2) is 0 Å². The first kappa shape index (κ1) is 31.3. The quantitative estimate of drug-likeness (QED) is 0.109. The molecule has 14 heteroatoms. The highest BCUT2D eigenvalue weighted by atomic mass is 16.4. The predicted octanol–water partition coefficient (Wildman–Crippen LogP) is -1.12. The Balaban J connectivity index is 1.75. The average molecular weight is 580 g/mol. The van der Waals surface area contributed by atoms with E-state index in [1.54, 1.807) is 42.5 Å². The van der Waals surface area contributed by atoms with Crippen LogP contribution in [-0.2, 0) is 43.2 Å². The first-order valence-electron chi connectivity index (χ1n) is 13.0. The Kier molecular flexibility index (Phi) is 11.1. The van der Waals surface area contributed by atoms with E-state index in [9.17, 15) is 34.2 Å². The molecular formula is C28H33N7O7. The van der Waals surface area contributed by atoms with Crippen molar-refractivity contribution in [2.45, 2.75) is 49.9 Å². The molecule has 10 N–H and O–H groups in total. The number of nitrogens with zero attached hydrogens (tertiary/aromatic N) is 1. The van der Waals surface area contributed by atoms with Crippen molar-refractivity contribution in [2.75, 3.05) is 0 Å². The number of phenolic OH excluding ortho intramolecular Hbond substituents is 1. The van der Waals surface area contributed by atoms with Crippen molar-refractivity contribution in [3.05, 3.63) is 83.9 Å². The zero-order valence-electron chi connectivity index (χ0n) is 22.5. The number of benzene rings is 2. The van der Waals surface area contributed by atoms with E-state index in [1.165, 1.54) is 24.7 Å². The molecule has 0 aliphatic heterocycles. The second kappa shape index (κ2) is 14.9. The van der Waals surface area contributed by atoms with Crippen LogP contribution in [0.1, 0.15) is 23.2 Å². The van der Waals surface area contributed by atoms with Crippen LogP contribution in [0.25, 0.3) is 0 Å². The second-order valence-corrected chi connectivity index (χ2v) is 9.64. The fourth-order valence-electron chi connectivity index (χ4n) is 4.09. The lowest BCUT2D eigenvalue weighted by Crippen LogP contribution is -2.58. The monoisotopic (exact) mass is 579 g/mol. The lowest BCUT2D eigenvalue weighted by molar-refractivity contribution is -0.142. The molecule has 3 rings (SSSR count). The molecule has 0 saturated heterocycles. The molecule has 222 valence electrons. The van der Waals surface area contributed by atoms with Gasteiger partial charge in [0.2, 0.25) is 23.6 Å². The molecule has 1 aromatic heterocycles. The van der Waals surface area contributed by atoms with Crippen LogP contribution in [-0.4, -0.2) is 73.9 Å². The summed E-state index contributed by atoms with van der Waals surface area (Å²) in [5.74, 6) is -4.63. The molecule has 3 aromatic rings. The van der Waals surface area contributed by atoms with E-state index >= 15 is 0 Å². The van der Waals surface area contributed by atoms with Crippen molar-refractivity contribution in [2.24, 2.45) is 11.5 Å². The summed E-state index contributed by atoms with van der Waals surface area (Å²) in [5.41, 5.74) is 13.2. The number of carbonyl (C=O) groups excluding carboxylic acids is 4. The van der Waals surface area contributed by atoms with Crippen LogP contribution < -0.4 is 27.4 Å². The third-order valence-electron chi connectivity index (χ3n) is 6.28. The van der Waals surface area contributed by atoms with Gasteiger partial charge in [0.1, 0.15) is 23.9 Å².